The number of ether oxygens (including phenoxy) is 1. The second-order valence-electron chi connectivity index (χ2n) is 6.13. The highest BCUT2D eigenvalue weighted by Crippen LogP contribution is 2.29. The van der Waals surface area contributed by atoms with Crippen LogP contribution in [0.5, 0.6) is 0 Å². The molecule has 3 rings (SSSR count). The number of esters is 1. The second-order valence-corrected chi connectivity index (χ2v) is 7.57. The Morgan fingerprint density at radius 2 is 1.90 bits per heavy atom. The van der Waals surface area contributed by atoms with Gasteiger partial charge in [-0.1, -0.05) is 35.9 Å². The van der Waals surface area contributed by atoms with Gasteiger partial charge in [-0.25, -0.2) is 9.78 Å². The average Bonchev–Trinajstić information content (AvgIpc) is 3.10. The molecule has 1 N–H and O–H groups in total. The summed E-state index contributed by atoms with van der Waals surface area (Å²) in [5, 5.41) is 13.0. The van der Waals surface area contributed by atoms with Crippen molar-refractivity contribution in [3.63, 3.8) is 0 Å². The van der Waals surface area contributed by atoms with Crippen LogP contribution in [0.2, 0.25) is 5.02 Å². The first-order valence-corrected chi connectivity index (χ1v) is 9.83. The van der Waals surface area contributed by atoms with E-state index in [1.807, 2.05) is 18.2 Å². The Labute approximate surface area is 176 Å². The summed E-state index contributed by atoms with van der Waals surface area (Å²) in [6, 6.07) is 15.7. The van der Waals surface area contributed by atoms with Gasteiger partial charge in [0.1, 0.15) is 16.0 Å². The number of nitrogens with zero attached hydrogens (tertiary/aromatic N) is 2. The van der Waals surface area contributed by atoms with Gasteiger partial charge in [0.2, 0.25) is 0 Å². The van der Waals surface area contributed by atoms with Crippen LogP contribution in [0, 0.1) is 18.3 Å². The highest BCUT2D eigenvalue weighted by atomic mass is 35.5. The zero-order valence-electron chi connectivity index (χ0n) is 15.6. The summed E-state index contributed by atoms with van der Waals surface area (Å²) < 4.78 is 5.31. The number of para-hydroxylation sites is 1. The van der Waals surface area contributed by atoms with Gasteiger partial charge in [0.15, 0.2) is 6.10 Å². The number of amides is 1. The number of halogens is 1. The molecule has 0 saturated heterocycles. The van der Waals surface area contributed by atoms with Crippen LogP contribution in [-0.4, -0.2) is 23.0 Å². The van der Waals surface area contributed by atoms with E-state index in [4.69, 9.17) is 21.6 Å². The number of carbonyl (C=O) groups excluding carboxylic acids is 2. The number of aryl methyl sites for hydroxylation is 1. The Hall–Kier alpha value is -3.21. The van der Waals surface area contributed by atoms with E-state index in [0.717, 1.165) is 5.56 Å². The first-order valence-electron chi connectivity index (χ1n) is 8.63. The van der Waals surface area contributed by atoms with Crippen LogP contribution in [0.1, 0.15) is 27.9 Å². The molecule has 0 aliphatic heterocycles. The molecule has 0 bridgehead atoms. The minimum Gasteiger partial charge on any atom is -0.448 e. The molecule has 8 heteroatoms. The Balaban J connectivity index is 1.70. The van der Waals surface area contributed by atoms with Crippen molar-refractivity contribution in [2.75, 3.05) is 5.32 Å². The molecule has 0 aliphatic rings. The normalized spacial score (nSPS) is 11.4. The van der Waals surface area contributed by atoms with E-state index in [0.29, 0.717) is 31.9 Å². The van der Waals surface area contributed by atoms with Crippen molar-refractivity contribution in [2.45, 2.75) is 20.0 Å². The lowest BCUT2D eigenvalue weighted by molar-refractivity contribution is -0.123. The average molecular weight is 426 g/mol. The fraction of sp³-hybridized carbons (Fsp3) is 0.143. The molecule has 1 heterocycles. The number of anilines is 1. The second kappa shape index (κ2) is 8.86. The van der Waals surface area contributed by atoms with E-state index in [2.05, 4.69) is 10.3 Å². The third kappa shape index (κ3) is 4.80. The molecule has 1 atom stereocenters. The molecule has 2 aromatic carbocycles. The topological polar surface area (TPSA) is 92.1 Å². The third-order valence-electron chi connectivity index (χ3n) is 4.03. The minimum absolute atomic E-state index is 0.324. The highest BCUT2D eigenvalue weighted by molar-refractivity contribution is 7.17. The van der Waals surface area contributed by atoms with Crippen molar-refractivity contribution in [3.05, 3.63) is 69.7 Å². The molecule has 0 radical (unpaired) electrons. The van der Waals surface area contributed by atoms with Crippen LogP contribution < -0.4 is 5.32 Å². The molecule has 1 amide bonds. The maximum atomic E-state index is 12.5. The lowest BCUT2D eigenvalue weighted by Crippen LogP contribution is -2.30. The molecule has 0 aliphatic carbocycles. The molecule has 0 spiro atoms. The van der Waals surface area contributed by atoms with Crippen molar-refractivity contribution in [3.8, 4) is 16.6 Å². The Morgan fingerprint density at radius 1 is 1.21 bits per heavy atom. The van der Waals surface area contributed by atoms with Gasteiger partial charge in [-0.2, -0.15) is 5.26 Å². The Morgan fingerprint density at radius 3 is 2.59 bits per heavy atom. The van der Waals surface area contributed by atoms with Crippen LogP contribution in [0.25, 0.3) is 10.6 Å². The SMILES string of the molecule is Cc1nc(-c2ccc(Cl)cc2)sc1C(=O)OC(C)C(=O)Nc1ccccc1C#N. The fourth-order valence-electron chi connectivity index (χ4n) is 2.49. The quantitative estimate of drug-likeness (QED) is 0.591. The number of hydrogen-bond donors (Lipinski definition) is 1. The number of nitrogens with one attached hydrogen (secondary N) is 1. The van der Waals surface area contributed by atoms with Gasteiger partial charge in [0, 0.05) is 10.6 Å². The summed E-state index contributed by atoms with van der Waals surface area (Å²) in [7, 11) is 0. The maximum absolute atomic E-state index is 12.5. The Kier molecular flexibility index (Phi) is 6.27. The largest absolute Gasteiger partial charge is 0.448 e. The summed E-state index contributed by atoms with van der Waals surface area (Å²) in [4.78, 5) is 29.7. The molecule has 1 unspecified atom stereocenters. The molecule has 6 nitrogen and oxygen atoms in total. The number of rotatable bonds is 5. The van der Waals surface area contributed by atoms with E-state index in [-0.39, 0.29) is 0 Å². The number of aromatic nitrogens is 1. The number of thiazole rings is 1. The highest BCUT2D eigenvalue weighted by Gasteiger charge is 2.23. The van der Waals surface area contributed by atoms with Gasteiger partial charge >= 0.3 is 5.97 Å². The molecule has 29 heavy (non-hydrogen) atoms. The molecule has 1 aromatic heterocycles. The zero-order valence-corrected chi connectivity index (χ0v) is 17.2. The minimum atomic E-state index is -1.05. The lowest BCUT2D eigenvalue weighted by atomic mass is 10.2. The van der Waals surface area contributed by atoms with Crippen LogP contribution in [0.15, 0.2) is 48.5 Å². The Bertz CT molecular complexity index is 1100. The molecule has 0 saturated carbocycles. The summed E-state index contributed by atoms with van der Waals surface area (Å²) >= 11 is 7.09. The van der Waals surface area contributed by atoms with Crippen molar-refractivity contribution >= 4 is 40.5 Å². The summed E-state index contributed by atoms with van der Waals surface area (Å²) in [6.07, 6.45) is -1.05. The first kappa shape index (κ1) is 20.5. The smallest absolute Gasteiger partial charge is 0.351 e. The number of carbonyl (C=O) groups is 2. The zero-order chi connectivity index (χ0) is 21.0. The lowest BCUT2D eigenvalue weighted by Gasteiger charge is -2.13. The number of benzene rings is 2. The molecule has 3 aromatic rings. The predicted octanol–water partition coefficient (Wildman–Crippen LogP) is 4.83. The van der Waals surface area contributed by atoms with Gasteiger partial charge in [0.05, 0.1) is 16.9 Å². The van der Waals surface area contributed by atoms with E-state index >= 15 is 0 Å². The summed E-state index contributed by atoms with van der Waals surface area (Å²) in [5.41, 5.74) is 2.04. The summed E-state index contributed by atoms with van der Waals surface area (Å²) in [5.74, 6) is -1.16. The van der Waals surface area contributed by atoms with Gasteiger partial charge in [0.25, 0.3) is 5.91 Å². The van der Waals surface area contributed by atoms with Gasteiger partial charge in [-0.3, -0.25) is 4.79 Å². The van der Waals surface area contributed by atoms with Crippen molar-refractivity contribution in [2.24, 2.45) is 0 Å². The monoisotopic (exact) mass is 425 g/mol. The van der Waals surface area contributed by atoms with Crippen LogP contribution in [-0.2, 0) is 9.53 Å². The van der Waals surface area contributed by atoms with Gasteiger partial charge in [-0.05, 0) is 38.1 Å². The van der Waals surface area contributed by atoms with Crippen LogP contribution in [0.4, 0.5) is 5.69 Å². The maximum Gasteiger partial charge on any atom is 0.351 e. The van der Waals surface area contributed by atoms with Gasteiger partial charge in [-0.15, -0.1) is 11.3 Å². The van der Waals surface area contributed by atoms with E-state index in [9.17, 15) is 9.59 Å². The standard InChI is InChI=1S/C21H16ClN3O3S/c1-12-18(29-20(24-12)14-7-9-16(22)10-8-14)21(27)28-13(2)19(26)25-17-6-4-3-5-15(17)11-23/h3-10,13H,1-2H3,(H,25,26). The van der Waals surface area contributed by atoms with E-state index in [1.54, 1.807) is 43.3 Å². The van der Waals surface area contributed by atoms with Gasteiger partial charge < -0.3 is 10.1 Å². The van der Waals surface area contributed by atoms with Crippen molar-refractivity contribution in [1.82, 2.24) is 4.98 Å². The molecular weight excluding hydrogens is 410 g/mol. The van der Waals surface area contributed by atoms with E-state index < -0.39 is 18.0 Å². The predicted molar refractivity (Wildman–Crippen MR) is 112 cm³/mol. The third-order valence-corrected chi connectivity index (χ3v) is 5.47. The molecule has 0 fully saturated rings. The van der Waals surface area contributed by atoms with Crippen LogP contribution in [0.3, 0.4) is 0 Å². The van der Waals surface area contributed by atoms with E-state index in [1.165, 1.54) is 18.3 Å². The molecule has 146 valence electrons. The number of nitriles is 1. The summed E-state index contributed by atoms with van der Waals surface area (Å²) in [6.45, 7) is 3.18. The van der Waals surface area contributed by atoms with Crippen molar-refractivity contribution < 1.29 is 14.3 Å². The van der Waals surface area contributed by atoms with Crippen molar-refractivity contribution in [1.29, 1.82) is 5.26 Å². The first-order chi connectivity index (χ1) is 13.9. The number of hydrogen-bond acceptors (Lipinski definition) is 6. The molecular formula is C21H16ClN3O3S. The van der Waals surface area contributed by atoms with Crippen LogP contribution >= 0.6 is 22.9 Å². The fourth-order valence-corrected chi connectivity index (χ4v) is 3.57.